The maximum Gasteiger partial charge on any atom is 0.416 e. The number of amides is 2. The lowest BCUT2D eigenvalue weighted by atomic mass is 9.96. The Morgan fingerprint density at radius 3 is 2.11 bits per heavy atom. The lowest BCUT2D eigenvalue weighted by molar-refractivity contribution is -0.138. The molecule has 3 rings (SSSR count). The van der Waals surface area contributed by atoms with E-state index < -0.39 is 34.7 Å². The number of halogens is 5. The van der Waals surface area contributed by atoms with Crippen LogP contribution in [0.2, 0.25) is 0 Å². The molecular formula is C24H32F5N3O3. The van der Waals surface area contributed by atoms with Gasteiger partial charge in [-0.1, -0.05) is 0 Å². The molecule has 2 fully saturated rings. The van der Waals surface area contributed by atoms with Gasteiger partial charge in [0.15, 0.2) is 0 Å². The Kier molecular flexibility index (Phi) is 8.41. The van der Waals surface area contributed by atoms with Crippen LogP contribution >= 0.6 is 0 Å². The number of ether oxygens (including phenoxy) is 1. The molecule has 2 heterocycles. The highest BCUT2D eigenvalue weighted by atomic mass is 19.4. The highest BCUT2D eigenvalue weighted by Gasteiger charge is 2.35. The first-order valence-corrected chi connectivity index (χ1v) is 11.8. The summed E-state index contributed by atoms with van der Waals surface area (Å²) in [5, 5.41) is 2.57. The summed E-state index contributed by atoms with van der Waals surface area (Å²) in [4.78, 5) is 29.0. The predicted molar refractivity (Wildman–Crippen MR) is 119 cm³/mol. The van der Waals surface area contributed by atoms with Gasteiger partial charge in [-0.2, -0.15) is 13.2 Å². The quantitative estimate of drug-likeness (QED) is 0.596. The van der Waals surface area contributed by atoms with Gasteiger partial charge in [0.2, 0.25) is 5.91 Å². The van der Waals surface area contributed by atoms with Crippen LogP contribution in [-0.2, 0) is 21.6 Å². The second kappa shape index (κ2) is 10.8. The smallest absolute Gasteiger partial charge is 0.373 e. The molecule has 0 spiro atoms. The van der Waals surface area contributed by atoms with Crippen molar-refractivity contribution >= 4 is 11.8 Å². The number of rotatable bonds is 6. The van der Waals surface area contributed by atoms with Crippen molar-refractivity contribution in [3.05, 3.63) is 34.9 Å². The molecule has 1 N–H and O–H groups in total. The summed E-state index contributed by atoms with van der Waals surface area (Å²) in [6.07, 6.45) is -3.46. The zero-order valence-electron chi connectivity index (χ0n) is 20.1. The number of likely N-dealkylation sites (tertiary alicyclic amines) is 1. The van der Waals surface area contributed by atoms with E-state index in [0.717, 1.165) is 6.07 Å². The fourth-order valence-electron chi connectivity index (χ4n) is 4.61. The van der Waals surface area contributed by atoms with Gasteiger partial charge in [0.25, 0.3) is 11.8 Å². The fourth-order valence-corrected chi connectivity index (χ4v) is 4.61. The van der Waals surface area contributed by atoms with E-state index in [9.17, 15) is 31.5 Å². The molecular weight excluding hydrogens is 473 g/mol. The Hall–Kier alpha value is -2.27. The summed E-state index contributed by atoms with van der Waals surface area (Å²) in [7, 11) is 0. The molecule has 0 radical (unpaired) electrons. The first kappa shape index (κ1) is 27.3. The maximum atomic E-state index is 13.7. The molecule has 1 aromatic carbocycles. The number of carbonyl (C=O) groups excluding carboxylic acids is 2. The molecule has 2 atom stereocenters. The fraction of sp³-hybridized carbons (Fsp3) is 0.667. The molecule has 2 saturated heterocycles. The molecule has 0 aliphatic carbocycles. The van der Waals surface area contributed by atoms with Crippen molar-refractivity contribution < 1.29 is 36.3 Å². The summed E-state index contributed by atoms with van der Waals surface area (Å²) in [5.41, 5.74) is -2.62. The third-order valence-electron chi connectivity index (χ3n) is 6.40. The van der Waals surface area contributed by atoms with E-state index in [1.165, 1.54) is 0 Å². The molecule has 0 bridgehead atoms. The van der Waals surface area contributed by atoms with Crippen molar-refractivity contribution in [2.24, 2.45) is 5.92 Å². The van der Waals surface area contributed by atoms with Gasteiger partial charge >= 0.3 is 6.18 Å². The Balaban J connectivity index is 1.52. The molecule has 2 aliphatic rings. The summed E-state index contributed by atoms with van der Waals surface area (Å²) >= 11 is 0. The third kappa shape index (κ3) is 7.60. The molecule has 11 heteroatoms. The van der Waals surface area contributed by atoms with Crippen LogP contribution in [0.4, 0.5) is 22.0 Å². The van der Waals surface area contributed by atoms with Gasteiger partial charge in [-0.25, -0.2) is 8.78 Å². The van der Waals surface area contributed by atoms with Crippen molar-refractivity contribution in [2.45, 2.75) is 57.9 Å². The lowest BCUT2D eigenvalue weighted by Crippen LogP contribution is -2.51. The zero-order valence-corrected chi connectivity index (χ0v) is 20.1. The van der Waals surface area contributed by atoms with E-state index in [1.807, 2.05) is 13.8 Å². The van der Waals surface area contributed by atoms with E-state index in [-0.39, 0.29) is 30.6 Å². The van der Waals surface area contributed by atoms with E-state index in [0.29, 0.717) is 64.6 Å². The number of alkyl halides is 5. The van der Waals surface area contributed by atoms with Crippen molar-refractivity contribution in [1.29, 1.82) is 0 Å². The van der Waals surface area contributed by atoms with Gasteiger partial charge in [-0.15, -0.1) is 0 Å². The molecule has 0 saturated carbocycles. The van der Waals surface area contributed by atoms with E-state index in [2.05, 4.69) is 10.2 Å². The van der Waals surface area contributed by atoms with Crippen LogP contribution < -0.4 is 5.32 Å². The summed E-state index contributed by atoms with van der Waals surface area (Å²) in [5.74, 6) is -4.29. The summed E-state index contributed by atoms with van der Waals surface area (Å²) in [6.45, 7) is 7.36. The molecule has 2 aliphatic heterocycles. The van der Waals surface area contributed by atoms with Crippen LogP contribution in [0.1, 0.15) is 55.1 Å². The van der Waals surface area contributed by atoms with Crippen molar-refractivity contribution in [2.75, 3.05) is 39.3 Å². The molecule has 2 unspecified atom stereocenters. The van der Waals surface area contributed by atoms with Crippen LogP contribution in [0.15, 0.2) is 18.2 Å². The van der Waals surface area contributed by atoms with Crippen molar-refractivity contribution in [3.63, 3.8) is 0 Å². The first-order chi connectivity index (χ1) is 16.2. The minimum absolute atomic E-state index is 0.0318. The normalized spacial score (nSPS) is 22.8. The first-order valence-electron chi connectivity index (χ1n) is 11.8. The van der Waals surface area contributed by atoms with Gasteiger partial charge in [-0.3, -0.25) is 14.5 Å². The maximum absolute atomic E-state index is 13.7. The molecule has 196 valence electrons. The minimum Gasteiger partial charge on any atom is -0.373 e. The lowest BCUT2D eigenvalue weighted by Gasteiger charge is -2.37. The molecule has 35 heavy (non-hydrogen) atoms. The average molecular weight is 506 g/mol. The van der Waals surface area contributed by atoms with Crippen LogP contribution in [0.3, 0.4) is 0 Å². The Labute approximate surface area is 201 Å². The Bertz CT molecular complexity index is 868. The number of nitrogens with zero attached hydrogens (tertiary/aromatic N) is 2. The standard InChI is InChI=1S/C24H32F5N3O3/c1-15-12-31(13-16(2)35-15)14-21(33)32-6-4-17(5-7-32)11-30-22(34)18-8-19(23(3,25)26)10-20(9-18)24(27,28)29/h8-10,15-17H,4-7,11-14H2,1-3H3,(H,30,34). The number of nitrogens with one attached hydrogen (secondary N) is 1. The molecule has 0 aromatic heterocycles. The summed E-state index contributed by atoms with van der Waals surface area (Å²) in [6, 6.07) is 1.74. The molecule has 2 amide bonds. The van der Waals surface area contributed by atoms with Gasteiger partial charge in [0.05, 0.1) is 24.3 Å². The highest BCUT2D eigenvalue weighted by molar-refractivity contribution is 5.94. The largest absolute Gasteiger partial charge is 0.416 e. The number of carbonyl (C=O) groups is 2. The van der Waals surface area contributed by atoms with Gasteiger partial charge in [0, 0.05) is 50.8 Å². The topological polar surface area (TPSA) is 61.9 Å². The van der Waals surface area contributed by atoms with Crippen LogP contribution in [-0.4, -0.2) is 73.1 Å². The van der Waals surface area contributed by atoms with Crippen molar-refractivity contribution in [1.82, 2.24) is 15.1 Å². The van der Waals surface area contributed by atoms with Crippen LogP contribution in [0.5, 0.6) is 0 Å². The predicted octanol–water partition coefficient (Wildman–Crippen LogP) is 3.89. The second-order valence-electron chi connectivity index (χ2n) is 9.67. The summed E-state index contributed by atoms with van der Waals surface area (Å²) < 4.78 is 72.5. The average Bonchev–Trinajstić information content (AvgIpc) is 2.75. The van der Waals surface area contributed by atoms with Gasteiger partial charge in [0.1, 0.15) is 0 Å². The Morgan fingerprint density at radius 2 is 1.57 bits per heavy atom. The molecule has 6 nitrogen and oxygen atoms in total. The number of piperidine rings is 1. The third-order valence-corrected chi connectivity index (χ3v) is 6.40. The van der Waals surface area contributed by atoms with E-state index in [4.69, 9.17) is 4.74 Å². The number of hydrogen-bond acceptors (Lipinski definition) is 4. The van der Waals surface area contributed by atoms with E-state index in [1.54, 1.807) is 4.90 Å². The number of morpholine rings is 1. The van der Waals surface area contributed by atoms with E-state index >= 15 is 0 Å². The SMILES string of the molecule is CC1CN(CC(=O)N2CCC(CNC(=O)c3cc(C(C)(F)F)cc(C(F)(F)F)c3)CC2)CC(C)O1. The highest BCUT2D eigenvalue weighted by Crippen LogP contribution is 2.35. The second-order valence-corrected chi connectivity index (χ2v) is 9.67. The monoisotopic (exact) mass is 505 g/mol. The Morgan fingerprint density at radius 1 is 1.00 bits per heavy atom. The minimum atomic E-state index is -4.85. The number of benzene rings is 1. The van der Waals surface area contributed by atoms with Gasteiger partial charge in [-0.05, 0) is 50.8 Å². The zero-order chi connectivity index (χ0) is 26.0. The van der Waals surface area contributed by atoms with Crippen molar-refractivity contribution in [3.8, 4) is 0 Å². The number of hydrogen-bond donors (Lipinski definition) is 1. The van der Waals surface area contributed by atoms with Crippen LogP contribution in [0.25, 0.3) is 0 Å². The van der Waals surface area contributed by atoms with Crippen LogP contribution in [0, 0.1) is 5.92 Å². The van der Waals surface area contributed by atoms with Gasteiger partial charge < -0.3 is 15.0 Å². The molecule has 1 aromatic rings.